The Hall–Kier alpha value is -2.41. The minimum atomic E-state index is -3.74. The molecule has 0 aliphatic carbocycles. The molecule has 0 aliphatic rings. The number of rotatable bonds is 6. The largest absolute Gasteiger partial charge is 0.324 e. The molecule has 2 rings (SSSR count). The molecule has 2 aromatic rings. The van der Waals surface area contributed by atoms with Crippen molar-refractivity contribution in [3.8, 4) is 0 Å². The number of benzene rings is 2. The van der Waals surface area contributed by atoms with Crippen LogP contribution in [0.3, 0.4) is 0 Å². The first-order valence-electron chi connectivity index (χ1n) is 7.85. The Morgan fingerprint density at radius 2 is 1.84 bits per heavy atom. The van der Waals surface area contributed by atoms with Gasteiger partial charge in [-0.3, -0.25) is 9.10 Å². The normalized spacial score (nSPS) is 12.5. The van der Waals surface area contributed by atoms with Gasteiger partial charge in [0.25, 0.3) is 0 Å². The minimum Gasteiger partial charge on any atom is -0.324 e. The van der Waals surface area contributed by atoms with Gasteiger partial charge in [0.2, 0.25) is 15.9 Å². The van der Waals surface area contributed by atoms with Crippen LogP contribution in [0.2, 0.25) is 0 Å². The maximum atomic E-state index is 13.2. The lowest BCUT2D eigenvalue weighted by molar-refractivity contribution is -0.117. The van der Waals surface area contributed by atoms with Crippen LogP contribution in [-0.4, -0.2) is 26.6 Å². The van der Waals surface area contributed by atoms with Gasteiger partial charge in [0.15, 0.2) is 0 Å². The van der Waals surface area contributed by atoms with E-state index in [0.29, 0.717) is 5.69 Å². The highest BCUT2D eigenvalue weighted by Gasteiger charge is 2.31. The lowest BCUT2D eigenvalue weighted by Crippen LogP contribution is -2.47. The van der Waals surface area contributed by atoms with Crippen molar-refractivity contribution in [2.75, 3.05) is 15.9 Å². The van der Waals surface area contributed by atoms with E-state index in [9.17, 15) is 17.6 Å². The van der Waals surface area contributed by atoms with Crippen molar-refractivity contribution in [3.63, 3.8) is 0 Å². The summed E-state index contributed by atoms with van der Waals surface area (Å²) < 4.78 is 38.8. The monoisotopic (exact) mass is 364 g/mol. The van der Waals surface area contributed by atoms with Gasteiger partial charge in [-0.1, -0.05) is 19.1 Å². The van der Waals surface area contributed by atoms with Crippen LogP contribution in [0.4, 0.5) is 15.8 Å². The summed E-state index contributed by atoms with van der Waals surface area (Å²) in [5.41, 5.74) is 1.82. The van der Waals surface area contributed by atoms with E-state index in [4.69, 9.17) is 0 Å². The average molecular weight is 364 g/mol. The van der Waals surface area contributed by atoms with E-state index in [1.807, 2.05) is 13.0 Å². The van der Waals surface area contributed by atoms with E-state index in [-0.39, 0.29) is 12.1 Å². The Kier molecular flexibility index (Phi) is 5.79. The van der Waals surface area contributed by atoms with Crippen molar-refractivity contribution in [2.45, 2.75) is 26.3 Å². The molecule has 0 spiro atoms. The topological polar surface area (TPSA) is 66.5 Å². The Balaban J connectivity index is 2.36. The van der Waals surface area contributed by atoms with Gasteiger partial charge in [0, 0.05) is 5.69 Å². The molecule has 7 heteroatoms. The SMILES string of the molecule is CCC(C(=O)Nc1cccc(C)c1)N(c1ccc(F)cc1)S(C)(=O)=O. The molecule has 0 radical (unpaired) electrons. The van der Waals surface area contributed by atoms with Gasteiger partial charge in [-0.25, -0.2) is 12.8 Å². The molecule has 1 atom stereocenters. The first kappa shape index (κ1) is 18.9. The summed E-state index contributed by atoms with van der Waals surface area (Å²) in [7, 11) is -3.74. The number of carbonyl (C=O) groups excluding carboxylic acids is 1. The zero-order valence-electron chi connectivity index (χ0n) is 14.4. The third kappa shape index (κ3) is 4.79. The number of carbonyl (C=O) groups is 1. The molecule has 5 nitrogen and oxygen atoms in total. The number of sulfonamides is 1. The number of anilines is 2. The van der Waals surface area contributed by atoms with Crippen molar-refractivity contribution in [3.05, 3.63) is 59.9 Å². The number of halogens is 1. The number of amides is 1. The third-order valence-electron chi connectivity index (χ3n) is 3.70. The predicted octanol–water partition coefficient (Wildman–Crippen LogP) is 3.32. The van der Waals surface area contributed by atoms with E-state index >= 15 is 0 Å². The number of nitrogens with one attached hydrogen (secondary N) is 1. The molecular weight excluding hydrogens is 343 g/mol. The molecular formula is C18H21FN2O3S. The molecule has 1 N–H and O–H groups in total. The molecule has 0 heterocycles. The average Bonchev–Trinajstić information content (AvgIpc) is 2.52. The van der Waals surface area contributed by atoms with Crippen molar-refractivity contribution >= 4 is 27.3 Å². The molecule has 1 unspecified atom stereocenters. The number of hydrogen-bond donors (Lipinski definition) is 1. The molecule has 0 aromatic heterocycles. The number of aryl methyl sites for hydroxylation is 1. The Morgan fingerprint density at radius 3 is 2.36 bits per heavy atom. The molecule has 0 fully saturated rings. The zero-order chi connectivity index (χ0) is 18.6. The fourth-order valence-corrected chi connectivity index (χ4v) is 3.81. The predicted molar refractivity (Wildman–Crippen MR) is 97.6 cm³/mol. The van der Waals surface area contributed by atoms with Crippen molar-refractivity contribution < 1.29 is 17.6 Å². The van der Waals surface area contributed by atoms with Gasteiger partial charge in [0.05, 0.1) is 11.9 Å². The highest BCUT2D eigenvalue weighted by atomic mass is 32.2. The van der Waals surface area contributed by atoms with E-state index in [1.165, 1.54) is 24.3 Å². The first-order chi connectivity index (χ1) is 11.7. The summed E-state index contributed by atoms with van der Waals surface area (Å²) in [6.45, 7) is 3.62. The fourth-order valence-electron chi connectivity index (χ4n) is 2.60. The second-order valence-electron chi connectivity index (χ2n) is 5.82. The summed E-state index contributed by atoms with van der Waals surface area (Å²) in [5.74, 6) is -0.919. The quantitative estimate of drug-likeness (QED) is 0.855. The molecule has 2 aromatic carbocycles. The highest BCUT2D eigenvalue weighted by Crippen LogP contribution is 2.23. The summed E-state index contributed by atoms with van der Waals surface area (Å²) in [6.07, 6.45) is 1.29. The lowest BCUT2D eigenvalue weighted by atomic mass is 10.1. The van der Waals surface area contributed by atoms with Crippen molar-refractivity contribution in [2.24, 2.45) is 0 Å². The zero-order valence-corrected chi connectivity index (χ0v) is 15.2. The van der Waals surface area contributed by atoms with E-state index in [2.05, 4.69) is 5.32 Å². The van der Waals surface area contributed by atoms with Crippen molar-refractivity contribution in [1.29, 1.82) is 0 Å². The number of nitrogens with zero attached hydrogens (tertiary/aromatic N) is 1. The van der Waals surface area contributed by atoms with E-state index in [1.54, 1.807) is 25.1 Å². The van der Waals surface area contributed by atoms with Gasteiger partial charge in [-0.05, 0) is 55.3 Å². The van der Waals surface area contributed by atoms with Gasteiger partial charge in [-0.2, -0.15) is 0 Å². The molecule has 134 valence electrons. The highest BCUT2D eigenvalue weighted by molar-refractivity contribution is 7.92. The fraction of sp³-hybridized carbons (Fsp3) is 0.278. The Labute approximate surface area is 147 Å². The third-order valence-corrected chi connectivity index (χ3v) is 4.88. The van der Waals surface area contributed by atoms with Crippen LogP contribution in [0.5, 0.6) is 0 Å². The second-order valence-corrected chi connectivity index (χ2v) is 7.68. The van der Waals surface area contributed by atoms with Gasteiger partial charge in [0.1, 0.15) is 11.9 Å². The summed E-state index contributed by atoms with van der Waals surface area (Å²) >= 11 is 0. The first-order valence-corrected chi connectivity index (χ1v) is 9.69. The van der Waals surface area contributed by atoms with Crippen LogP contribution in [-0.2, 0) is 14.8 Å². The minimum absolute atomic E-state index is 0.246. The summed E-state index contributed by atoms with van der Waals surface area (Å²) in [5, 5.41) is 2.75. The summed E-state index contributed by atoms with van der Waals surface area (Å²) in [6, 6.07) is 11.3. The van der Waals surface area contributed by atoms with Crippen LogP contribution in [0.15, 0.2) is 48.5 Å². The van der Waals surface area contributed by atoms with E-state index < -0.39 is 27.8 Å². The molecule has 0 saturated heterocycles. The van der Waals surface area contributed by atoms with Crippen LogP contribution in [0.1, 0.15) is 18.9 Å². The Morgan fingerprint density at radius 1 is 1.20 bits per heavy atom. The summed E-state index contributed by atoms with van der Waals surface area (Å²) in [4.78, 5) is 12.7. The van der Waals surface area contributed by atoms with Crippen LogP contribution >= 0.6 is 0 Å². The van der Waals surface area contributed by atoms with Gasteiger partial charge in [-0.15, -0.1) is 0 Å². The maximum Gasteiger partial charge on any atom is 0.248 e. The van der Waals surface area contributed by atoms with E-state index in [0.717, 1.165) is 16.1 Å². The van der Waals surface area contributed by atoms with Gasteiger partial charge >= 0.3 is 0 Å². The maximum absolute atomic E-state index is 13.2. The van der Waals surface area contributed by atoms with Crippen molar-refractivity contribution in [1.82, 2.24) is 0 Å². The lowest BCUT2D eigenvalue weighted by Gasteiger charge is -2.30. The molecule has 0 saturated carbocycles. The van der Waals surface area contributed by atoms with Crippen LogP contribution < -0.4 is 9.62 Å². The second kappa shape index (κ2) is 7.65. The number of hydrogen-bond acceptors (Lipinski definition) is 3. The molecule has 25 heavy (non-hydrogen) atoms. The standard InChI is InChI=1S/C18H21FN2O3S/c1-4-17(18(22)20-15-7-5-6-13(2)12-15)21(25(3,23)24)16-10-8-14(19)9-11-16/h5-12,17H,4H2,1-3H3,(H,20,22). The molecule has 0 bridgehead atoms. The van der Waals surface area contributed by atoms with Crippen LogP contribution in [0, 0.1) is 12.7 Å². The smallest absolute Gasteiger partial charge is 0.248 e. The van der Waals surface area contributed by atoms with Gasteiger partial charge < -0.3 is 5.32 Å². The molecule has 1 amide bonds. The molecule has 0 aliphatic heterocycles. The Bertz CT molecular complexity index is 851. The van der Waals surface area contributed by atoms with Crippen LogP contribution in [0.25, 0.3) is 0 Å².